The van der Waals surface area contributed by atoms with E-state index in [1.807, 2.05) is 12.4 Å². The molecule has 2 aromatic heterocycles. The average molecular weight is 320 g/mol. The number of aromatic nitrogens is 3. The summed E-state index contributed by atoms with van der Waals surface area (Å²) in [7, 11) is 1.84. The zero-order valence-corrected chi connectivity index (χ0v) is 13.6. The quantitative estimate of drug-likeness (QED) is 0.914. The van der Waals surface area contributed by atoms with Crippen LogP contribution < -0.4 is 5.32 Å². The summed E-state index contributed by atoms with van der Waals surface area (Å²) in [6.45, 7) is 4.02. The molecule has 1 N–H and O–H groups in total. The molecule has 118 valence electrons. The summed E-state index contributed by atoms with van der Waals surface area (Å²) in [4.78, 5) is 16.8. The number of carbonyl (C=O) groups excluding carboxylic acids is 1. The second kappa shape index (κ2) is 6.58. The fraction of sp³-hybridized carbons (Fsp3) is 0.533. The molecule has 1 amide bonds. The zero-order chi connectivity index (χ0) is 15.5. The van der Waals surface area contributed by atoms with Crippen LogP contribution in [0.15, 0.2) is 17.8 Å². The molecule has 2 aromatic rings. The Morgan fingerprint density at radius 2 is 2.50 bits per heavy atom. The third-order valence-corrected chi connectivity index (χ3v) is 4.87. The monoisotopic (exact) mass is 320 g/mol. The summed E-state index contributed by atoms with van der Waals surface area (Å²) in [6.07, 6.45) is 4.50. The normalized spacial score (nSPS) is 19.3. The zero-order valence-electron chi connectivity index (χ0n) is 12.8. The van der Waals surface area contributed by atoms with Gasteiger partial charge in [-0.2, -0.15) is 5.10 Å². The second-order valence-electron chi connectivity index (χ2n) is 5.64. The Hall–Kier alpha value is -1.73. The van der Waals surface area contributed by atoms with Crippen LogP contribution in [0, 0.1) is 0 Å². The maximum Gasteiger partial charge on any atom is 0.254 e. The Balaban J connectivity index is 1.67. The van der Waals surface area contributed by atoms with Crippen molar-refractivity contribution in [1.29, 1.82) is 0 Å². The van der Waals surface area contributed by atoms with Crippen molar-refractivity contribution in [2.24, 2.45) is 7.05 Å². The summed E-state index contributed by atoms with van der Waals surface area (Å²) in [5, 5.41) is 10.4. The summed E-state index contributed by atoms with van der Waals surface area (Å²) in [6, 6.07) is 0. The van der Waals surface area contributed by atoms with Crippen LogP contribution >= 0.6 is 11.3 Å². The van der Waals surface area contributed by atoms with E-state index < -0.39 is 0 Å². The highest BCUT2D eigenvalue weighted by atomic mass is 32.1. The van der Waals surface area contributed by atoms with Gasteiger partial charge in [-0.15, -0.1) is 11.3 Å². The molecule has 2 atom stereocenters. The first-order valence-corrected chi connectivity index (χ1v) is 8.32. The number of thiazole rings is 1. The standard InChI is InChI=1S/C15H20N4O2S/c1-10(15-16-4-6-22-15)7-17-14(20)12-8-19(2)18-13(12)11-3-5-21-9-11/h4,6,8,10-11H,3,5,7,9H2,1-2H3,(H,17,20)/t10-,11+/m1/s1. The van der Waals surface area contributed by atoms with Crippen LogP contribution in [0.5, 0.6) is 0 Å². The van der Waals surface area contributed by atoms with Crippen LogP contribution in [0.2, 0.25) is 0 Å². The Morgan fingerprint density at radius 3 is 3.18 bits per heavy atom. The maximum absolute atomic E-state index is 12.5. The first-order valence-electron chi connectivity index (χ1n) is 7.44. The van der Waals surface area contributed by atoms with Gasteiger partial charge in [-0.1, -0.05) is 6.92 Å². The van der Waals surface area contributed by atoms with Gasteiger partial charge < -0.3 is 10.1 Å². The number of carbonyl (C=O) groups is 1. The van der Waals surface area contributed by atoms with E-state index in [-0.39, 0.29) is 17.7 Å². The van der Waals surface area contributed by atoms with Gasteiger partial charge in [-0.3, -0.25) is 9.48 Å². The largest absolute Gasteiger partial charge is 0.381 e. The summed E-state index contributed by atoms with van der Waals surface area (Å²) >= 11 is 1.61. The molecule has 0 saturated carbocycles. The number of hydrogen-bond donors (Lipinski definition) is 1. The molecular formula is C15H20N4O2S. The Morgan fingerprint density at radius 1 is 1.64 bits per heavy atom. The molecule has 0 spiro atoms. The average Bonchev–Trinajstić information content (AvgIpc) is 3.23. The lowest BCUT2D eigenvalue weighted by Gasteiger charge is -2.11. The lowest BCUT2D eigenvalue weighted by Crippen LogP contribution is -2.28. The smallest absolute Gasteiger partial charge is 0.254 e. The van der Waals surface area contributed by atoms with Crippen molar-refractivity contribution in [2.45, 2.75) is 25.2 Å². The molecule has 1 fully saturated rings. The SMILES string of the molecule is C[C@H](CNC(=O)c1cn(C)nc1[C@H]1CCOC1)c1nccs1. The number of nitrogens with one attached hydrogen (secondary N) is 1. The Kier molecular flexibility index (Phi) is 4.54. The molecule has 0 aromatic carbocycles. The first kappa shape index (κ1) is 15.2. The van der Waals surface area contributed by atoms with Gasteiger partial charge in [0.1, 0.15) is 0 Å². The molecular weight excluding hydrogens is 300 g/mol. The minimum absolute atomic E-state index is 0.0709. The van der Waals surface area contributed by atoms with Crippen LogP contribution in [0.4, 0.5) is 0 Å². The summed E-state index contributed by atoms with van der Waals surface area (Å²) in [5.74, 6) is 0.357. The van der Waals surface area contributed by atoms with E-state index in [0.29, 0.717) is 18.7 Å². The molecule has 1 aliphatic heterocycles. The van der Waals surface area contributed by atoms with Crippen molar-refractivity contribution in [3.05, 3.63) is 34.0 Å². The van der Waals surface area contributed by atoms with Crippen LogP contribution in [-0.2, 0) is 11.8 Å². The maximum atomic E-state index is 12.5. The molecule has 0 unspecified atom stereocenters. The van der Waals surface area contributed by atoms with Crippen LogP contribution in [0.3, 0.4) is 0 Å². The molecule has 0 aliphatic carbocycles. The van der Waals surface area contributed by atoms with Crippen LogP contribution in [-0.4, -0.2) is 40.4 Å². The number of ether oxygens (including phenoxy) is 1. The Bertz CT molecular complexity index is 632. The van der Waals surface area contributed by atoms with Crippen molar-refractivity contribution in [3.8, 4) is 0 Å². The van der Waals surface area contributed by atoms with E-state index in [0.717, 1.165) is 23.7 Å². The number of aryl methyl sites for hydroxylation is 1. The number of nitrogens with zero attached hydrogens (tertiary/aromatic N) is 3. The molecule has 22 heavy (non-hydrogen) atoms. The highest BCUT2D eigenvalue weighted by Gasteiger charge is 2.26. The topological polar surface area (TPSA) is 69.0 Å². The molecule has 7 heteroatoms. The van der Waals surface area contributed by atoms with Gasteiger partial charge in [0.2, 0.25) is 0 Å². The minimum Gasteiger partial charge on any atom is -0.381 e. The number of rotatable bonds is 5. The van der Waals surface area contributed by atoms with E-state index in [4.69, 9.17) is 4.74 Å². The molecule has 6 nitrogen and oxygen atoms in total. The molecule has 0 bridgehead atoms. The van der Waals surface area contributed by atoms with E-state index in [9.17, 15) is 4.79 Å². The minimum atomic E-state index is -0.0709. The van der Waals surface area contributed by atoms with Gasteiger partial charge in [0.05, 0.1) is 22.9 Å². The fourth-order valence-corrected chi connectivity index (χ4v) is 3.34. The predicted octanol–water partition coefficient (Wildman–Crippen LogP) is 1.91. The van der Waals surface area contributed by atoms with Gasteiger partial charge >= 0.3 is 0 Å². The molecule has 1 saturated heterocycles. The predicted molar refractivity (Wildman–Crippen MR) is 84.2 cm³/mol. The molecule has 0 radical (unpaired) electrons. The highest BCUT2D eigenvalue weighted by Crippen LogP contribution is 2.26. The van der Waals surface area contributed by atoms with Crippen molar-refractivity contribution >= 4 is 17.2 Å². The van der Waals surface area contributed by atoms with Crippen molar-refractivity contribution < 1.29 is 9.53 Å². The second-order valence-corrected chi connectivity index (χ2v) is 6.57. The lowest BCUT2D eigenvalue weighted by atomic mass is 10.0. The van der Waals surface area contributed by atoms with E-state index in [1.54, 1.807) is 28.4 Å². The van der Waals surface area contributed by atoms with Gasteiger partial charge in [-0.05, 0) is 6.42 Å². The van der Waals surface area contributed by atoms with E-state index >= 15 is 0 Å². The van der Waals surface area contributed by atoms with Crippen molar-refractivity contribution in [2.75, 3.05) is 19.8 Å². The van der Waals surface area contributed by atoms with Crippen molar-refractivity contribution in [1.82, 2.24) is 20.1 Å². The third-order valence-electron chi connectivity index (χ3n) is 3.86. The highest BCUT2D eigenvalue weighted by molar-refractivity contribution is 7.09. The Labute approximate surface area is 133 Å². The molecule has 3 rings (SSSR count). The fourth-order valence-electron chi connectivity index (χ4n) is 2.64. The van der Waals surface area contributed by atoms with Gasteiger partial charge in [-0.25, -0.2) is 4.98 Å². The first-order chi connectivity index (χ1) is 10.6. The summed E-state index contributed by atoms with van der Waals surface area (Å²) in [5.41, 5.74) is 1.50. The third kappa shape index (κ3) is 3.20. The van der Waals surface area contributed by atoms with Crippen molar-refractivity contribution in [3.63, 3.8) is 0 Å². The van der Waals surface area contributed by atoms with E-state index in [1.165, 1.54) is 0 Å². The van der Waals surface area contributed by atoms with Gasteiger partial charge in [0, 0.05) is 49.8 Å². The molecule has 1 aliphatic rings. The van der Waals surface area contributed by atoms with Gasteiger partial charge in [0.15, 0.2) is 0 Å². The van der Waals surface area contributed by atoms with Crippen LogP contribution in [0.25, 0.3) is 0 Å². The van der Waals surface area contributed by atoms with Gasteiger partial charge in [0.25, 0.3) is 5.91 Å². The summed E-state index contributed by atoms with van der Waals surface area (Å²) < 4.78 is 7.12. The number of amides is 1. The molecule has 3 heterocycles. The van der Waals surface area contributed by atoms with Crippen LogP contribution in [0.1, 0.15) is 46.2 Å². The van der Waals surface area contributed by atoms with E-state index in [2.05, 4.69) is 22.3 Å². The lowest BCUT2D eigenvalue weighted by molar-refractivity contribution is 0.0950. The number of hydrogen-bond acceptors (Lipinski definition) is 5.